The van der Waals surface area contributed by atoms with Crippen LogP contribution in [0, 0.1) is 0 Å². The molecule has 1 heterocycles. The Morgan fingerprint density at radius 1 is 1.00 bits per heavy atom. The minimum Gasteiger partial charge on any atom is -0.273 e. The highest BCUT2D eigenvalue weighted by Gasteiger charge is 2.12. The van der Waals surface area contributed by atoms with Gasteiger partial charge in [-0.15, -0.1) is 5.10 Å². The number of carbonyl (C=O) groups excluding carboxylic acids is 2. The summed E-state index contributed by atoms with van der Waals surface area (Å²) in [4.78, 5) is 24.1. The van der Waals surface area contributed by atoms with Crippen molar-refractivity contribution in [1.82, 2.24) is 31.1 Å². The zero-order chi connectivity index (χ0) is 18.5. The van der Waals surface area contributed by atoms with Crippen LogP contribution >= 0.6 is 23.2 Å². The smallest absolute Gasteiger partial charge is 0.269 e. The topological polar surface area (TPSA) is 102 Å². The van der Waals surface area contributed by atoms with E-state index in [-0.39, 0.29) is 6.42 Å². The molecule has 2 N–H and O–H groups in total. The average Bonchev–Trinajstić information content (AvgIpc) is 3.18. The summed E-state index contributed by atoms with van der Waals surface area (Å²) in [5.74, 6) is -0.912. The first-order valence-electron chi connectivity index (χ1n) is 7.40. The van der Waals surface area contributed by atoms with E-state index in [0.717, 1.165) is 0 Å². The van der Waals surface area contributed by atoms with Crippen molar-refractivity contribution in [3.8, 4) is 5.69 Å². The van der Waals surface area contributed by atoms with E-state index in [4.69, 9.17) is 23.2 Å². The first-order valence-corrected chi connectivity index (χ1v) is 8.15. The normalized spacial score (nSPS) is 10.4. The molecule has 132 valence electrons. The standard InChI is InChI=1S/C16H12Cl2N6O2/c17-13-2-1-3-14(18)12(13)8-15(25)20-21-16(26)10-4-6-11(7-5-10)24-9-19-22-23-24/h1-7,9H,8H2,(H,20,25)(H,21,26). The molecule has 10 heteroatoms. The Morgan fingerprint density at radius 3 is 2.31 bits per heavy atom. The highest BCUT2D eigenvalue weighted by atomic mass is 35.5. The zero-order valence-electron chi connectivity index (χ0n) is 13.2. The van der Waals surface area contributed by atoms with Crippen LogP contribution in [0.15, 0.2) is 48.8 Å². The molecular weight excluding hydrogens is 379 g/mol. The van der Waals surface area contributed by atoms with Gasteiger partial charge in [0.1, 0.15) is 6.33 Å². The number of hydrogen-bond acceptors (Lipinski definition) is 5. The summed E-state index contributed by atoms with van der Waals surface area (Å²) in [6.45, 7) is 0. The molecule has 0 atom stereocenters. The molecule has 1 aromatic heterocycles. The van der Waals surface area contributed by atoms with Crippen LogP contribution in [-0.4, -0.2) is 32.0 Å². The second-order valence-electron chi connectivity index (χ2n) is 5.18. The van der Waals surface area contributed by atoms with Gasteiger partial charge in [-0.1, -0.05) is 29.3 Å². The van der Waals surface area contributed by atoms with E-state index in [1.54, 1.807) is 42.5 Å². The summed E-state index contributed by atoms with van der Waals surface area (Å²) in [5.41, 5.74) is 6.22. The van der Waals surface area contributed by atoms with Crippen molar-refractivity contribution in [1.29, 1.82) is 0 Å². The van der Waals surface area contributed by atoms with Crippen LogP contribution < -0.4 is 10.9 Å². The Hall–Kier alpha value is -2.97. The number of halogens is 2. The molecule has 0 aliphatic rings. The summed E-state index contributed by atoms with van der Waals surface area (Å²) >= 11 is 12.0. The molecule has 8 nitrogen and oxygen atoms in total. The van der Waals surface area contributed by atoms with Crippen LogP contribution in [0.1, 0.15) is 15.9 Å². The molecule has 2 aromatic carbocycles. The summed E-state index contributed by atoms with van der Waals surface area (Å²) in [5, 5.41) is 11.6. The summed E-state index contributed by atoms with van der Waals surface area (Å²) in [6.07, 6.45) is 1.38. The molecule has 0 radical (unpaired) electrons. The van der Waals surface area contributed by atoms with Crippen molar-refractivity contribution in [3.63, 3.8) is 0 Å². The number of aromatic nitrogens is 4. The van der Waals surface area contributed by atoms with E-state index in [0.29, 0.717) is 26.9 Å². The quantitative estimate of drug-likeness (QED) is 0.663. The third kappa shape index (κ3) is 4.16. The van der Waals surface area contributed by atoms with Gasteiger partial charge in [0.2, 0.25) is 5.91 Å². The Bertz CT molecular complexity index is 908. The van der Waals surface area contributed by atoms with Gasteiger partial charge in [-0.3, -0.25) is 20.4 Å². The van der Waals surface area contributed by atoms with Crippen LogP contribution in [0.5, 0.6) is 0 Å². The number of carbonyl (C=O) groups is 2. The SMILES string of the molecule is O=C(Cc1c(Cl)cccc1Cl)NNC(=O)c1ccc(-n2cnnn2)cc1. The molecule has 0 saturated heterocycles. The second-order valence-corrected chi connectivity index (χ2v) is 5.99. The third-order valence-electron chi connectivity index (χ3n) is 3.46. The first-order chi connectivity index (χ1) is 12.5. The van der Waals surface area contributed by atoms with Gasteiger partial charge >= 0.3 is 0 Å². The molecule has 3 rings (SSSR count). The van der Waals surface area contributed by atoms with Gasteiger partial charge in [0.15, 0.2) is 0 Å². The van der Waals surface area contributed by atoms with Gasteiger partial charge in [-0.2, -0.15) is 0 Å². The largest absolute Gasteiger partial charge is 0.273 e. The number of rotatable bonds is 4. The fourth-order valence-corrected chi connectivity index (χ4v) is 2.68. The Labute approximate surface area is 158 Å². The lowest BCUT2D eigenvalue weighted by molar-refractivity contribution is -0.121. The summed E-state index contributed by atoms with van der Waals surface area (Å²) < 4.78 is 1.46. The lowest BCUT2D eigenvalue weighted by Gasteiger charge is -2.09. The molecule has 0 fully saturated rings. The molecular formula is C16H12Cl2N6O2. The van der Waals surface area contributed by atoms with Crippen LogP contribution in [0.3, 0.4) is 0 Å². The minimum absolute atomic E-state index is 0.0585. The Kier molecular flexibility index (Phi) is 5.45. The maximum atomic E-state index is 12.1. The third-order valence-corrected chi connectivity index (χ3v) is 4.17. The number of nitrogens with zero attached hydrogens (tertiary/aromatic N) is 4. The van der Waals surface area contributed by atoms with Crippen molar-refractivity contribution >= 4 is 35.0 Å². The van der Waals surface area contributed by atoms with Gasteiger partial charge in [0.25, 0.3) is 5.91 Å². The van der Waals surface area contributed by atoms with E-state index in [9.17, 15) is 9.59 Å². The van der Waals surface area contributed by atoms with Crippen LogP contribution in [-0.2, 0) is 11.2 Å². The predicted octanol–water partition coefficient (Wildman–Crippen LogP) is 1.97. The van der Waals surface area contributed by atoms with E-state index in [1.807, 2.05) is 0 Å². The average molecular weight is 391 g/mol. The van der Waals surface area contributed by atoms with Crippen LogP contribution in [0.4, 0.5) is 0 Å². The lowest BCUT2D eigenvalue weighted by Crippen LogP contribution is -2.42. The molecule has 0 aliphatic carbocycles. The number of hydrazine groups is 1. The van der Waals surface area contributed by atoms with E-state index in [1.165, 1.54) is 11.0 Å². The molecule has 0 spiro atoms. The number of hydrogen-bond donors (Lipinski definition) is 2. The van der Waals surface area contributed by atoms with Crippen molar-refractivity contribution in [2.45, 2.75) is 6.42 Å². The number of benzene rings is 2. The van der Waals surface area contributed by atoms with E-state index < -0.39 is 11.8 Å². The van der Waals surface area contributed by atoms with Crippen molar-refractivity contribution in [2.24, 2.45) is 0 Å². The van der Waals surface area contributed by atoms with Gasteiger partial charge in [-0.25, -0.2) is 4.68 Å². The van der Waals surface area contributed by atoms with Gasteiger partial charge < -0.3 is 0 Å². The van der Waals surface area contributed by atoms with Gasteiger partial charge in [0.05, 0.1) is 12.1 Å². The van der Waals surface area contributed by atoms with Crippen LogP contribution in [0.25, 0.3) is 5.69 Å². The summed E-state index contributed by atoms with van der Waals surface area (Å²) in [6, 6.07) is 11.5. The molecule has 0 unspecified atom stereocenters. The molecule has 0 aliphatic heterocycles. The van der Waals surface area contributed by atoms with Crippen molar-refractivity contribution < 1.29 is 9.59 Å². The maximum absolute atomic E-state index is 12.1. The summed E-state index contributed by atoms with van der Waals surface area (Å²) in [7, 11) is 0. The number of tetrazole rings is 1. The highest BCUT2D eigenvalue weighted by Crippen LogP contribution is 2.24. The van der Waals surface area contributed by atoms with Gasteiger partial charge in [-0.05, 0) is 52.4 Å². The van der Waals surface area contributed by atoms with E-state index >= 15 is 0 Å². The second kappa shape index (κ2) is 7.94. The predicted molar refractivity (Wildman–Crippen MR) is 94.9 cm³/mol. The monoisotopic (exact) mass is 390 g/mol. The fourth-order valence-electron chi connectivity index (χ4n) is 2.15. The number of amides is 2. The minimum atomic E-state index is -0.466. The molecule has 3 aromatic rings. The Morgan fingerprint density at radius 2 is 1.69 bits per heavy atom. The van der Waals surface area contributed by atoms with Gasteiger partial charge in [0, 0.05) is 15.6 Å². The zero-order valence-corrected chi connectivity index (χ0v) is 14.7. The lowest BCUT2D eigenvalue weighted by atomic mass is 10.1. The number of nitrogens with one attached hydrogen (secondary N) is 2. The van der Waals surface area contributed by atoms with Crippen molar-refractivity contribution in [3.05, 3.63) is 70.0 Å². The Balaban J connectivity index is 1.57. The molecule has 0 bridgehead atoms. The van der Waals surface area contributed by atoms with E-state index in [2.05, 4.69) is 26.4 Å². The highest BCUT2D eigenvalue weighted by molar-refractivity contribution is 6.36. The molecule has 0 saturated carbocycles. The maximum Gasteiger partial charge on any atom is 0.269 e. The first kappa shape index (κ1) is 17.8. The fraction of sp³-hybridized carbons (Fsp3) is 0.0625. The van der Waals surface area contributed by atoms with Crippen molar-refractivity contribution in [2.75, 3.05) is 0 Å². The molecule has 26 heavy (non-hydrogen) atoms. The van der Waals surface area contributed by atoms with Crippen LogP contribution in [0.2, 0.25) is 10.0 Å². The molecule has 2 amide bonds.